The van der Waals surface area contributed by atoms with Crippen molar-refractivity contribution in [1.29, 1.82) is 0 Å². The summed E-state index contributed by atoms with van der Waals surface area (Å²) < 4.78 is 31.3. The first-order chi connectivity index (χ1) is 13.0. The van der Waals surface area contributed by atoms with E-state index in [1.807, 2.05) is 30.3 Å². The maximum absolute atomic E-state index is 11.6. The Morgan fingerprint density at radius 2 is 1.89 bits per heavy atom. The zero-order valence-electron chi connectivity index (χ0n) is 15.7. The number of nitrogens with zero attached hydrogens (tertiary/aromatic N) is 3. The monoisotopic (exact) mass is 390 g/mol. The zero-order valence-corrected chi connectivity index (χ0v) is 16.5. The van der Waals surface area contributed by atoms with Crippen molar-refractivity contribution in [2.24, 2.45) is 0 Å². The van der Waals surface area contributed by atoms with Gasteiger partial charge in [-0.2, -0.15) is 0 Å². The van der Waals surface area contributed by atoms with Crippen molar-refractivity contribution in [3.05, 3.63) is 54.4 Å². The number of sulfonamides is 1. The third-order valence-corrected chi connectivity index (χ3v) is 5.48. The fourth-order valence-electron chi connectivity index (χ4n) is 3.43. The van der Waals surface area contributed by atoms with Gasteiger partial charge in [0.25, 0.3) is 0 Å². The summed E-state index contributed by atoms with van der Waals surface area (Å²) >= 11 is 0. The van der Waals surface area contributed by atoms with Crippen molar-refractivity contribution in [2.45, 2.75) is 6.04 Å². The number of nitrogens with one attached hydrogen (secondary N) is 1. The fourth-order valence-corrected chi connectivity index (χ4v) is 3.89. The molecule has 0 amide bonds. The van der Waals surface area contributed by atoms with Crippen LogP contribution in [0.1, 0.15) is 11.6 Å². The Hall–Kier alpha value is -2.16. The number of hydrogen-bond donors (Lipinski definition) is 1. The van der Waals surface area contributed by atoms with Gasteiger partial charge in [-0.15, -0.1) is 0 Å². The second-order valence-corrected chi connectivity index (χ2v) is 8.45. The van der Waals surface area contributed by atoms with E-state index < -0.39 is 10.0 Å². The van der Waals surface area contributed by atoms with Gasteiger partial charge in [-0.1, -0.05) is 18.2 Å². The minimum atomic E-state index is -3.25. The minimum absolute atomic E-state index is 0.0479. The lowest BCUT2D eigenvalue weighted by Gasteiger charge is -2.40. The van der Waals surface area contributed by atoms with Gasteiger partial charge in [0.15, 0.2) is 0 Å². The number of piperazine rings is 1. The molecule has 1 aliphatic heterocycles. The molecule has 0 saturated carbocycles. The molecule has 7 nitrogen and oxygen atoms in total. The van der Waals surface area contributed by atoms with Crippen LogP contribution in [0.2, 0.25) is 0 Å². The first kappa shape index (κ1) is 19.6. The molecule has 0 spiro atoms. The van der Waals surface area contributed by atoms with Gasteiger partial charge in [0.05, 0.1) is 19.1 Å². The van der Waals surface area contributed by atoms with Crippen molar-refractivity contribution < 1.29 is 13.2 Å². The van der Waals surface area contributed by atoms with E-state index in [1.54, 1.807) is 19.5 Å². The predicted molar refractivity (Wildman–Crippen MR) is 107 cm³/mol. The number of anilines is 1. The van der Waals surface area contributed by atoms with Crippen LogP contribution in [0.3, 0.4) is 0 Å². The van der Waals surface area contributed by atoms with Crippen LogP contribution in [0.25, 0.3) is 0 Å². The van der Waals surface area contributed by atoms with Gasteiger partial charge in [-0.05, 0) is 23.8 Å². The number of para-hydroxylation sites is 2. The van der Waals surface area contributed by atoms with E-state index in [9.17, 15) is 8.42 Å². The molecule has 1 aromatic carbocycles. The van der Waals surface area contributed by atoms with Crippen LogP contribution in [-0.2, 0) is 10.0 Å². The average Bonchev–Trinajstić information content (AvgIpc) is 2.68. The van der Waals surface area contributed by atoms with Gasteiger partial charge in [-0.25, -0.2) is 13.1 Å². The first-order valence-electron chi connectivity index (χ1n) is 8.94. The molecule has 27 heavy (non-hydrogen) atoms. The first-order valence-corrected chi connectivity index (χ1v) is 10.8. The molecule has 1 atom stereocenters. The summed E-state index contributed by atoms with van der Waals surface area (Å²) in [4.78, 5) is 8.81. The van der Waals surface area contributed by atoms with E-state index in [0.717, 1.165) is 43.2 Å². The summed E-state index contributed by atoms with van der Waals surface area (Å²) in [6, 6.07) is 11.8. The highest BCUT2D eigenvalue weighted by molar-refractivity contribution is 7.88. The smallest absolute Gasteiger partial charge is 0.208 e. The highest BCUT2D eigenvalue weighted by atomic mass is 32.2. The van der Waals surface area contributed by atoms with Gasteiger partial charge >= 0.3 is 0 Å². The number of methoxy groups -OCH3 is 1. The van der Waals surface area contributed by atoms with E-state index in [0.29, 0.717) is 6.54 Å². The maximum Gasteiger partial charge on any atom is 0.208 e. The molecule has 8 heteroatoms. The van der Waals surface area contributed by atoms with Crippen LogP contribution in [0.5, 0.6) is 5.75 Å². The number of benzene rings is 1. The molecule has 1 fully saturated rings. The standard InChI is InChI=1S/C19H26N4O3S/c1-26-19-8-4-3-7-17(19)22-10-12-23(13-11-22)18(15-21-27(2,24)25)16-6-5-9-20-14-16/h3-9,14,18,21H,10-13,15H2,1-2H3. The van der Waals surface area contributed by atoms with Crippen LogP contribution < -0.4 is 14.4 Å². The summed E-state index contributed by atoms with van der Waals surface area (Å²) in [5.74, 6) is 0.869. The van der Waals surface area contributed by atoms with Crippen molar-refractivity contribution in [3.63, 3.8) is 0 Å². The van der Waals surface area contributed by atoms with Crippen molar-refractivity contribution in [3.8, 4) is 5.75 Å². The van der Waals surface area contributed by atoms with Crippen molar-refractivity contribution in [2.75, 3.05) is 51.0 Å². The predicted octanol–water partition coefficient (Wildman–Crippen LogP) is 1.50. The molecule has 1 saturated heterocycles. The van der Waals surface area contributed by atoms with Crippen molar-refractivity contribution in [1.82, 2.24) is 14.6 Å². The highest BCUT2D eigenvalue weighted by Gasteiger charge is 2.27. The molecule has 146 valence electrons. The molecule has 2 aromatic rings. The topological polar surface area (TPSA) is 74.8 Å². The van der Waals surface area contributed by atoms with E-state index in [2.05, 4.69) is 25.6 Å². The van der Waals surface area contributed by atoms with E-state index in [1.165, 1.54) is 6.26 Å². The molecule has 0 bridgehead atoms. The Morgan fingerprint density at radius 1 is 1.15 bits per heavy atom. The van der Waals surface area contributed by atoms with Gasteiger partial charge in [-0.3, -0.25) is 9.88 Å². The van der Waals surface area contributed by atoms with Crippen LogP contribution in [0.4, 0.5) is 5.69 Å². The number of pyridine rings is 1. The Morgan fingerprint density at radius 3 is 2.52 bits per heavy atom. The highest BCUT2D eigenvalue weighted by Crippen LogP contribution is 2.30. The lowest BCUT2D eigenvalue weighted by Crippen LogP contribution is -2.50. The Balaban J connectivity index is 1.72. The molecular formula is C19H26N4O3S. The third kappa shape index (κ3) is 5.18. The maximum atomic E-state index is 11.6. The van der Waals surface area contributed by atoms with E-state index in [4.69, 9.17) is 4.74 Å². The lowest BCUT2D eigenvalue weighted by atomic mass is 10.1. The summed E-state index contributed by atoms with van der Waals surface area (Å²) in [5, 5.41) is 0. The quantitative estimate of drug-likeness (QED) is 0.772. The van der Waals surface area contributed by atoms with Gasteiger partial charge < -0.3 is 9.64 Å². The van der Waals surface area contributed by atoms with Crippen LogP contribution >= 0.6 is 0 Å². The average molecular weight is 391 g/mol. The Labute approximate surface area is 161 Å². The largest absolute Gasteiger partial charge is 0.495 e. The van der Waals surface area contributed by atoms with Gasteiger partial charge in [0.1, 0.15) is 5.75 Å². The zero-order chi connectivity index (χ0) is 19.3. The number of hydrogen-bond acceptors (Lipinski definition) is 6. The molecule has 1 aromatic heterocycles. The lowest BCUT2D eigenvalue weighted by molar-refractivity contribution is 0.186. The third-order valence-electron chi connectivity index (χ3n) is 4.79. The minimum Gasteiger partial charge on any atom is -0.495 e. The number of rotatable bonds is 7. The molecule has 1 aliphatic rings. The molecule has 1 unspecified atom stereocenters. The Bertz CT molecular complexity index is 837. The molecule has 2 heterocycles. The van der Waals surface area contributed by atoms with Crippen LogP contribution in [0, 0.1) is 0 Å². The summed E-state index contributed by atoms with van der Waals surface area (Å²) in [6.45, 7) is 3.66. The SMILES string of the molecule is COc1ccccc1N1CCN(C(CNS(C)(=O)=O)c2cccnc2)CC1. The second kappa shape index (κ2) is 8.69. The molecule has 1 N–H and O–H groups in total. The fraction of sp³-hybridized carbons (Fsp3) is 0.421. The van der Waals surface area contributed by atoms with E-state index >= 15 is 0 Å². The summed E-state index contributed by atoms with van der Waals surface area (Å²) in [5.41, 5.74) is 2.10. The van der Waals surface area contributed by atoms with Crippen LogP contribution in [-0.4, -0.2) is 64.4 Å². The van der Waals surface area contributed by atoms with Crippen molar-refractivity contribution >= 4 is 15.7 Å². The van der Waals surface area contributed by atoms with Crippen LogP contribution in [0.15, 0.2) is 48.8 Å². The van der Waals surface area contributed by atoms with Gasteiger partial charge in [0.2, 0.25) is 10.0 Å². The number of aromatic nitrogens is 1. The van der Waals surface area contributed by atoms with Gasteiger partial charge in [0, 0.05) is 51.2 Å². The Kier molecular flexibility index (Phi) is 6.30. The summed E-state index contributed by atoms with van der Waals surface area (Å²) in [7, 11) is -1.57. The molecular weight excluding hydrogens is 364 g/mol. The van der Waals surface area contributed by atoms with E-state index in [-0.39, 0.29) is 6.04 Å². The summed E-state index contributed by atoms with van der Waals surface area (Å²) in [6.07, 6.45) is 4.72. The molecule has 0 aliphatic carbocycles. The second-order valence-electron chi connectivity index (χ2n) is 6.62. The normalized spacial score (nSPS) is 16.9. The molecule has 3 rings (SSSR count). The molecule has 0 radical (unpaired) electrons. The number of ether oxygens (including phenoxy) is 1.